The van der Waals surface area contributed by atoms with Crippen molar-refractivity contribution in [2.45, 2.75) is 0 Å². The van der Waals surface area contributed by atoms with Crippen molar-refractivity contribution in [3.8, 4) is 11.5 Å². The van der Waals surface area contributed by atoms with Crippen LogP contribution in [0.5, 0.6) is 11.5 Å². The summed E-state index contributed by atoms with van der Waals surface area (Å²) in [7, 11) is 1.49. The second-order valence-electron chi connectivity index (χ2n) is 6.96. The second kappa shape index (κ2) is 9.61. The highest BCUT2D eigenvalue weighted by atomic mass is 16.5. The number of methoxy groups -OCH3 is 1. The maximum atomic E-state index is 12.4. The monoisotopic (exact) mass is 427 g/mol. The SMILES string of the molecule is COc1cc(NC(=O)COc2ccc3ccccc3c2)ccc1NC(=O)c1cccnc1. The van der Waals surface area contributed by atoms with Gasteiger partial charge in [0.25, 0.3) is 11.8 Å². The Balaban J connectivity index is 1.37. The average molecular weight is 427 g/mol. The molecule has 32 heavy (non-hydrogen) atoms. The van der Waals surface area contributed by atoms with Crippen LogP contribution in [0.4, 0.5) is 11.4 Å². The number of amides is 2. The highest BCUT2D eigenvalue weighted by Crippen LogP contribution is 2.28. The van der Waals surface area contributed by atoms with E-state index in [1.165, 1.54) is 13.3 Å². The summed E-state index contributed by atoms with van der Waals surface area (Å²) in [6.07, 6.45) is 3.07. The molecule has 7 heteroatoms. The number of rotatable bonds is 7. The lowest BCUT2D eigenvalue weighted by molar-refractivity contribution is -0.118. The summed E-state index contributed by atoms with van der Waals surface area (Å²) in [6, 6.07) is 21.9. The predicted octanol–water partition coefficient (Wildman–Crippen LogP) is 4.51. The molecule has 0 atom stereocenters. The molecule has 1 heterocycles. The molecule has 4 rings (SSSR count). The number of carbonyl (C=O) groups is 2. The average Bonchev–Trinajstić information content (AvgIpc) is 2.84. The first kappa shape index (κ1) is 20.9. The molecule has 0 unspecified atom stereocenters. The van der Waals surface area contributed by atoms with E-state index in [-0.39, 0.29) is 18.4 Å². The molecule has 0 fully saturated rings. The fourth-order valence-corrected chi connectivity index (χ4v) is 3.17. The van der Waals surface area contributed by atoms with E-state index < -0.39 is 0 Å². The molecule has 1 aromatic heterocycles. The standard InChI is InChI=1S/C25H21N3O4/c1-31-23-14-20(9-11-22(23)28-25(30)19-7-4-12-26-15-19)27-24(29)16-32-21-10-8-17-5-2-3-6-18(17)13-21/h2-15H,16H2,1H3,(H,27,29)(H,28,30). The van der Waals surface area contributed by atoms with Crippen molar-refractivity contribution in [3.63, 3.8) is 0 Å². The highest BCUT2D eigenvalue weighted by Gasteiger charge is 2.12. The summed E-state index contributed by atoms with van der Waals surface area (Å²) in [4.78, 5) is 28.6. The largest absolute Gasteiger partial charge is 0.494 e. The van der Waals surface area contributed by atoms with Crippen LogP contribution in [0.2, 0.25) is 0 Å². The van der Waals surface area contributed by atoms with Crippen molar-refractivity contribution >= 4 is 34.0 Å². The van der Waals surface area contributed by atoms with E-state index in [0.717, 1.165) is 10.8 Å². The van der Waals surface area contributed by atoms with E-state index in [4.69, 9.17) is 9.47 Å². The Morgan fingerprint density at radius 3 is 2.53 bits per heavy atom. The Kier molecular flexibility index (Phi) is 6.27. The maximum absolute atomic E-state index is 12.4. The van der Waals surface area contributed by atoms with Gasteiger partial charge in [-0.15, -0.1) is 0 Å². The lowest BCUT2D eigenvalue weighted by atomic mass is 10.1. The van der Waals surface area contributed by atoms with Gasteiger partial charge in [-0.05, 0) is 47.2 Å². The molecule has 0 radical (unpaired) electrons. The third kappa shape index (κ3) is 5.02. The van der Waals surface area contributed by atoms with Crippen LogP contribution in [0.25, 0.3) is 10.8 Å². The number of fused-ring (bicyclic) bond motifs is 1. The summed E-state index contributed by atoms with van der Waals surface area (Å²) in [5.74, 6) is 0.407. The van der Waals surface area contributed by atoms with Crippen LogP contribution in [0.1, 0.15) is 10.4 Å². The normalized spacial score (nSPS) is 10.4. The van der Waals surface area contributed by atoms with Gasteiger partial charge in [0, 0.05) is 24.1 Å². The molecular weight excluding hydrogens is 406 g/mol. The first-order chi connectivity index (χ1) is 15.6. The Hall–Kier alpha value is -4.39. The first-order valence-corrected chi connectivity index (χ1v) is 9.93. The Bertz CT molecular complexity index is 1260. The minimum Gasteiger partial charge on any atom is -0.494 e. The zero-order chi connectivity index (χ0) is 22.3. The van der Waals surface area contributed by atoms with Crippen LogP contribution in [-0.2, 0) is 4.79 Å². The van der Waals surface area contributed by atoms with Gasteiger partial charge >= 0.3 is 0 Å². The number of anilines is 2. The number of pyridine rings is 1. The molecule has 0 saturated carbocycles. The molecule has 0 bridgehead atoms. The molecule has 7 nitrogen and oxygen atoms in total. The van der Waals surface area contributed by atoms with E-state index in [1.54, 1.807) is 36.5 Å². The number of benzene rings is 3. The van der Waals surface area contributed by atoms with Gasteiger partial charge in [0.05, 0.1) is 18.4 Å². The summed E-state index contributed by atoms with van der Waals surface area (Å²) in [5, 5.41) is 7.69. The molecule has 2 amide bonds. The fourth-order valence-electron chi connectivity index (χ4n) is 3.17. The zero-order valence-corrected chi connectivity index (χ0v) is 17.4. The summed E-state index contributed by atoms with van der Waals surface area (Å²) >= 11 is 0. The second-order valence-corrected chi connectivity index (χ2v) is 6.96. The Labute approximate surface area is 185 Å². The van der Waals surface area contributed by atoms with Crippen LogP contribution >= 0.6 is 0 Å². The number of nitrogens with zero attached hydrogens (tertiary/aromatic N) is 1. The minimum absolute atomic E-state index is 0.139. The summed E-state index contributed by atoms with van der Waals surface area (Å²) in [5.41, 5.74) is 1.43. The van der Waals surface area contributed by atoms with E-state index in [2.05, 4.69) is 15.6 Å². The van der Waals surface area contributed by atoms with Gasteiger partial charge < -0.3 is 20.1 Å². The van der Waals surface area contributed by atoms with Crippen LogP contribution in [0.15, 0.2) is 85.2 Å². The van der Waals surface area contributed by atoms with E-state index in [1.807, 2.05) is 42.5 Å². The molecule has 0 aliphatic rings. The quantitative estimate of drug-likeness (QED) is 0.453. The molecule has 2 N–H and O–H groups in total. The first-order valence-electron chi connectivity index (χ1n) is 9.93. The smallest absolute Gasteiger partial charge is 0.262 e. The molecule has 0 saturated heterocycles. The van der Waals surface area contributed by atoms with Crippen molar-refractivity contribution in [3.05, 3.63) is 90.8 Å². The highest BCUT2D eigenvalue weighted by molar-refractivity contribution is 6.05. The van der Waals surface area contributed by atoms with Crippen molar-refractivity contribution in [1.82, 2.24) is 4.98 Å². The third-order valence-electron chi connectivity index (χ3n) is 4.75. The Morgan fingerprint density at radius 1 is 0.906 bits per heavy atom. The van der Waals surface area contributed by atoms with Crippen LogP contribution in [-0.4, -0.2) is 30.5 Å². The zero-order valence-electron chi connectivity index (χ0n) is 17.4. The summed E-state index contributed by atoms with van der Waals surface area (Å²) < 4.78 is 11.0. The Morgan fingerprint density at radius 2 is 1.75 bits per heavy atom. The van der Waals surface area contributed by atoms with Gasteiger partial charge in [0.2, 0.25) is 0 Å². The molecule has 4 aromatic rings. The minimum atomic E-state index is -0.313. The number of hydrogen-bond acceptors (Lipinski definition) is 5. The number of nitrogens with one attached hydrogen (secondary N) is 2. The van der Waals surface area contributed by atoms with Crippen molar-refractivity contribution in [2.75, 3.05) is 24.4 Å². The predicted molar refractivity (Wildman–Crippen MR) is 123 cm³/mol. The van der Waals surface area contributed by atoms with Gasteiger partial charge in [0.1, 0.15) is 11.5 Å². The van der Waals surface area contributed by atoms with Gasteiger partial charge in [-0.3, -0.25) is 14.6 Å². The maximum Gasteiger partial charge on any atom is 0.262 e. The van der Waals surface area contributed by atoms with Gasteiger partial charge in [-0.1, -0.05) is 30.3 Å². The third-order valence-corrected chi connectivity index (χ3v) is 4.75. The van der Waals surface area contributed by atoms with Crippen LogP contribution in [0, 0.1) is 0 Å². The molecule has 0 aliphatic heterocycles. The van der Waals surface area contributed by atoms with Crippen molar-refractivity contribution in [2.24, 2.45) is 0 Å². The fraction of sp³-hybridized carbons (Fsp3) is 0.0800. The summed E-state index contributed by atoms with van der Waals surface area (Å²) in [6.45, 7) is -0.139. The number of hydrogen-bond donors (Lipinski definition) is 2. The molecule has 160 valence electrons. The number of aromatic nitrogens is 1. The lowest BCUT2D eigenvalue weighted by Crippen LogP contribution is -2.20. The topological polar surface area (TPSA) is 89.5 Å². The van der Waals surface area contributed by atoms with Gasteiger partial charge in [0.15, 0.2) is 6.61 Å². The van der Waals surface area contributed by atoms with Crippen molar-refractivity contribution < 1.29 is 19.1 Å². The van der Waals surface area contributed by atoms with Gasteiger partial charge in [-0.25, -0.2) is 0 Å². The van der Waals surface area contributed by atoms with E-state index in [0.29, 0.717) is 28.4 Å². The van der Waals surface area contributed by atoms with E-state index in [9.17, 15) is 9.59 Å². The number of carbonyl (C=O) groups excluding carboxylic acids is 2. The van der Waals surface area contributed by atoms with Crippen LogP contribution < -0.4 is 20.1 Å². The number of ether oxygens (including phenoxy) is 2. The lowest BCUT2D eigenvalue weighted by Gasteiger charge is -2.13. The molecule has 0 spiro atoms. The van der Waals surface area contributed by atoms with Crippen molar-refractivity contribution in [1.29, 1.82) is 0 Å². The molecular formula is C25H21N3O4. The van der Waals surface area contributed by atoms with E-state index >= 15 is 0 Å². The molecule has 0 aliphatic carbocycles. The van der Waals surface area contributed by atoms with Gasteiger partial charge in [-0.2, -0.15) is 0 Å². The van der Waals surface area contributed by atoms with Crippen LogP contribution in [0.3, 0.4) is 0 Å². The molecule has 3 aromatic carbocycles.